The molecule has 2 amide bonds. The van der Waals surface area contributed by atoms with E-state index in [9.17, 15) is 14.4 Å². The molecule has 35 heavy (non-hydrogen) atoms. The van der Waals surface area contributed by atoms with E-state index < -0.39 is 5.63 Å². The number of nitrogens with one attached hydrogen (secondary N) is 2. The molecule has 0 aliphatic heterocycles. The smallest absolute Gasteiger partial charge is 0.340 e. The fourth-order valence-electron chi connectivity index (χ4n) is 4.34. The predicted molar refractivity (Wildman–Crippen MR) is 135 cm³/mol. The van der Waals surface area contributed by atoms with Crippen molar-refractivity contribution in [2.75, 3.05) is 26.3 Å². The quantitative estimate of drug-likeness (QED) is 0.337. The lowest BCUT2D eigenvalue weighted by atomic mass is 9.81. The summed E-state index contributed by atoms with van der Waals surface area (Å²) in [5.74, 6) is 0.365. The second-order valence-corrected chi connectivity index (χ2v) is 9.64. The summed E-state index contributed by atoms with van der Waals surface area (Å²) in [6, 6.07) is 3.26. The van der Waals surface area contributed by atoms with Gasteiger partial charge in [0.1, 0.15) is 17.9 Å². The highest BCUT2D eigenvalue weighted by Gasteiger charge is 2.26. The maximum Gasteiger partial charge on any atom is 0.340 e. The normalized spacial score (nSPS) is 17.7. The van der Waals surface area contributed by atoms with E-state index in [-0.39, 0.29) is 43.2 Å². The van der Waals surface area contributed by atoms with E-state index in [1.807, 2.05) is 6.92 Å². The molecule has 1 heterocycles. The van der Waals surface area contributed by atoms with Gasteiger partial charge in [0.2, 0.25) is 11.8 Å². The Morgan fingerprint density at radius 1 is 1.23 bits per heavy atom. The van der Waals surface area contributed by atoms with Crippen molar-refractivity contribution in [2.24, 2.45) is 11.8 Å². The number of ether oxygens (including phenoxy) is 1. The second-order valence-electron chi connectivity index (χ2n) is 9.23. The molecule has 1 fully saturated rings. The zero-order valence-corrected chi connectivity index (χ0v) is 21.0. The summed E-state index contributed by atoms with van der Waals surface area (Å²) < 4.78 is 11.1. The lowest BCUT2D eigenvalue weighted by molar-refractivity contribution is -0.126. The Hall–Kier alpha value is -2.84. The molecule has 1 aromatic heterocycles. The molecule has 1 saturated carbocycles. The Kier molecular flexibility index (Phi) is 9.34. The number of aryl methyl sites for hydroxylation is 1. The average Bonchev–Trinajstić information content (AvgIpc) is 2.83. The van der Waals surface area contributed by atoms with Crippen LogP contribution in [0.15, 0.2) is 33.5 Å². The highest BCUT2D eigenvalue weighted by molar-refractivity contribution is 6.32. The van der Waals surface area contributed by atoms with Gasteiger partial charge in [-0.1, -0.05) is 18.2 Å². The monoisotopic (exact) mass is 504 g/mol. The third-order valence-electron chi connectivity index (χ3n) is 6.37. The molecule has 0 radical (unpaired) electrons. The third-order valence-corrected chi connectivity index (χ3v) is 6.66. The topological polar surface area (TPSA) is 118 Å². The van der Waals surface area contributed by atoms with Crippen LogP contribution in [0.25, 0.3) is 11.0 Å². The lowest BCUT2D eigenvalue weighted by Crippen LogP contribution is -2.37. The van der Waals surface area contributed by atoms with Crippen LogP contribution in [-0.4, -0.2) is 43.2 Å². The second kappa shape index (κ2) is 12.2. The van der Waals surface area contributed by atoms with Crippen molar-refractivity contribution in [1.82, 2.24) is 10.6 Å². The minimum absolute atomic E-state index is 0.0188. The van der Waals surface area contributed by atoms with Gasteiger partial charge in [0.25, 0.3) is 0 Å². The largest absolute Gasteiger partial charge is 0.488 e. The molecule has 0 atom stereocenters. The Balaban J connectivity index is 1.59. The number of carbonyl (C=O) groups excluding carboxylic acids is 2. The molecule has 2 aromatic rings. The summed E-state index contributed by atoms with van der Waals surface area (Å²) in [7, 11) is 0. The fraction of sp³-hybridized carbons (Fsp3) is 0.500. The van der Waals surface area contributed by atoms with Crippen LogP contribution >= 0.6 is 11.6 Å². The highest BCUT2D eigenvalue weighted by atomic mass is 35.5. The van der Waals surface area contributed by atoms with E-state index in [2.05, 4.69) is 17.2 Å². The summed E-state index contributed by atoms with van der Waals surface area (Å²) in [5.41, 5.74) is 1.56. The summed E-state index contributed by atoms with van der Waals surface area (Å²) in [5, 5.41) is 15.5. The van der Waals surface area contributed by atoms with Crippen molar-refractivity contribution in [3.8, 4) is 5.75 Å². The zero-order valence-electron chi connectivity index (χ0n) is 20.2. The zero-order chi connectivity index (χ0) is 25.5. The van der Waals surface area contributed by atoms with Gasteiger partial charge in [-0.2, -0.15) is 0 Å². The maximum absolute atomic E-state index is 12.6. The van der Waals surface area contributed by atoms with E-state index in [1.54, 1.807) is 19.1 Å². The van der Waals surface area contributed by atoms with E-state index >= 15 is 0 Å². The fourth-order valence-corrected chi connectivity index (χ4v) is 4.56. The summed E-state index contributed by atoms with van der Waals surface area (Å²) in [6.45, 7) is 8.39. The van der Waals surface area contributed by atoms with Crippen LogP contribution in [-0.2, 0) is 16.0 Å². The molecule has 0 bridgehead atoms. The van der Waals surface area contributed by atoms with E-state index in [1.165, 1.54) is 0 Å². The van der Waals surface area contributed by atoms with Gasteiger partial charge in [0, 0.05) is 30.5 Å². The Bertz CT molecular complexity index is 1150. The molecule has 8 nitrogen and oxygen atoms in total. The molecule has 1 aromatic carbocycles. The Morgan fingerprint density at radius 2 is 1.94 bits per heavy atom. The van der Waals surface area contributed by atoms with Crippen LogP contribution in [0.4, 0.5) is 0 Å². The van der Waals surface area contributed by atoms with Gasteiger partial charge in [0.15, 0.2) is 0 Å². The number of halogens is 1. The molecule has 3 rings (SSSR count). The van der Waals surface area contributed by atoms with Gasteiger partial charge < -0.3 is 24.9 Å². The van der Waals surface area contributed by atoms with E-state index in [0.29, 0.717) is 46.0 Å². The molecule has 0 saturated heterocycles. The van der Waals surface area contributed by atoms with Crippen LogP contribution in [0, 0.1) is 18.8 Å². The molecule has 1 aliphatic carbocycles. The van der Waals surface area contributed by atoms with Crippen molar-refractivity contribution in [1.29, 1.82) is 0 Å². The van der Waals surface area contributed by atoms with Gasteiger partial charge in [0.05, 0.1) is 23.6 Å². The van der Waals surface area contributed by atoms with Crippen molar-refractivity contribution in [2.45, 2.75) is 46.0 Å². The average molecular weight is 505 g/mol. The molecular formula is C26H33ClN2O6. The van der Waals surface area contributed by atoms with Gasteiger partial charge in [-0.3, -0.25) is 9.59 Å². The van der Waals surface area contributed by atoms with Crippen molar-refractivity contribution in [3.63, 3.8) is 0 Å². The number of aliphatic hydroxyl groups excluding tert-OH is 1. The number of hydrogen-bond donors (Lipinski definition) is 3. The minimum Gasteiger partial charge on any atom is -0.488 e. The van der Waals surface area contributed by atoms with Crippen LogP contribution in [0.5, 0.6) is 5.75 Å². The van der Waals surface area contributed by atoms with Gasteiger partial charge in [-0.05, 0) is 62.7 Å². The first-order chi connectivity index (χ1) is 16.7. The van der Waals surface area contributed by atoms with Crippen LogP contribution < -0.4 is 21.0 Å². The van der Waals surface area contributed by atoms with Crippen molar-refractivity contribution >= 4 is 34.4 Å². The summed E-state index contributed by atoms with van der Waals surface area (Å²) >= 11 is 6.36. The van der Waals surface area contributed by atoms with Crippen LogP contribution in [0.3, 0.4) is 0 Å². The lowest BCUT2D eigenvalue weighted by Gasteiger charge is -2.27. The molecule has 190 valence electrons. The summed E-state index contributed by atoms with van der Waals surface area (Å²) in [6.07, 6.45) is 3.09. The molecule has 1 aliphatic rings. The third kappa shape index (κ3) is 7.08. The maximum atomic E-state index is 12.6. The SMILES string of the molecule is C=C(C)COc1cc2oc(=O)c(CC(=O)NCC3CCC(C(=O)NCCO)CC3)c(C)c2cc1Cl. The molecular weight excluding hydrogens is 472 g/mol. The first kappa shape index (κ1) is 26.8. The molecule has 9 heteroatoms. The number of fused-ring (bicyclic) bond motifs is 1. The van der Waals surface area contributed by atoms with Gasteiger partial charge in [-0.15, -0.1) is 0 Å². The minimum atomic E-state index is -0.562. The highest BCUT2D eigenvalue weighted by Crippen LogP contribution is 2.32. The Morgan fingerprint density at radius 3 is 2.60 bits per heavy atom. The Labute approximate surface area is 209 Å². The van der Waals surface area contributed by atoms with Crippen molar-refractivity contribution in [3.05, 3.63) is 50.9 Å². The molecule has 0 spiro atoms. The number of amides is 2. The first-order valence-corrected chi connectivity index (χ1v) is 12.3. The van der Waals surface area contributed by atoms with Crippen molar-refractivity contribution < 1.29 is 23.8 Å². The van der Waals surface area contributed by atoms with E-state index in [0.717, 1.165) is 31.3 Å². The number of hydrogen-bond acceptors (Lipinski definition) is 6. The van der Waals surface area contributed by atoms with Gasteiger partial charge >= 0.3 is 5.63 Å². The van der Waals surface area contributed by atoms with Crippen LogP contribution in [0.1, 0.15) is 43.7 Å². The molecule has 0 unspecified atom stereocenters. The standard InChI is InChI=1S/C26H33ClN2O6/c1-15(2)14-34-23-12-22-19(10-21(23)27)16(3)20(26(33)35-22)11-24(31)29-13-17-4-6-18(7-5-17)25(32)28-8-9-30/h10,12,17-18,30H,1,4-9,11,13-14H2,2-3H3,(H,28,32)(H,29,31). The predicted octanol–water partition coefficient (Wildman–Crippen LogP) is 3.28. The number of rotatable bonds is 10. The molecule has 3 N–H and O–H groups in total. The summed E-state index contributed by atoms with van der Waals surface area (Å²) in [4.78, 5) is 37.3. The number of benzene rings is 1. The number of aliphatic hydroxyl groups is 1. The van der Waals surface area contributed by atoms with E-state index in [4.69, 9.17) is 25.9 Å². The first-order valence-electron chi connectivity index (χ1n) is 11.9. The number of carbonyl (C=O) groups is 2. The van der Waals surface area contributed by atoms with Gasteiger partial charge in [-0.25, -0.2) is 4.79 Å². The van der Waals surface area contributed by atoms with Crippen LogP contribution in [0.2, 0.25) is 5.02 Å².